The Bertz CT molecular complexity index is 418. The molecule has 17 heavy (non-hydrogen) atoms. The first-order valence-electron chi connectivity index (χ1n) is 4.91. The molecule has 0 fully saturated rings. The molecule has 0 saturated carbocycles. The predicted molar refractivity (Wildman–Crippen MR) is 62.8 cm³/mol. The Morgan fingerprint density at radius 2 is 2.06 bits per heavy atom. The largest absolute Gasteiger partial charge is 0.389 e. The van der Waals surface area contributed by atoms with Crippen molar-refractivity contribution in [3.05, 3.63) is 28.2 Å². The van der Waals surface area contributed by atoms with Crippen LogP contribution in [0.25, 0.3) is 0 Å². The van der Waals surface area contributed by atoms with Gasteiger partial charge in [0.2, 0.25) is 5.91 Å². The van der Waals surface area contributed by atoms with Crippen molar-refractivity contribution in [3.63, 3.8) is 0 Å². The van der Waals surface area contributed by atoms with Gasteiger partial charge in [-0.2, -0.15) is 13.2 Å². The summed E-state index contributed by atoms with van der Waals surface area (Å²) in [5.41, 5.74) is 1.32. The Balaban J connectivity index is 2.57. The second-order valence-electron chi connectivity index (χ2n) is 3.62. The van der Waals surface area contributed by atoms with Crippen LogP contribution in [0.3, 0.4) is 0 Å². The Hall–Kier alpha value is -1.04. The van der Waals surface area contributed by atoms with Crippen molar-refractivity contribution in [3.8, 4) is 0 Å². The molecule has 0 aliphatic rings. The Morgan fingerprint density at radius 1 is 1.41 bits per heavy atom. The fourth-order valence-electron chi connectivity index (χ4n) is 1.24. The summed E-state index contributed by atoms with van der Waals surface area (Å²) in [5.74, 6) is -0.632. The van der Waals surface area contributed by atoms with Crippen molar-refractivity contribution < 1.29 is 18.0 Å². The second kappa shape index (κ2) is 5.53. The van der Waals surface area contributed by atoms with E-state index < -0.39 is 24.9 Å². The molecule has 0 aromatic heterocycles. The van der Waals surface area contributed by atoms with E-state index in [4.69, 9.17) is 0 Å². The summed E-state index contributed by atoms with van der Waals surface area (Å²) in [6, 6.07) is 5.14. The van der Waals surface area contributed by atoms with Crippen LogP contribution in [0.5, 0.6) is 0 Å². The van der Waals surface area contributed by atoms with E-state index in [9.17, 15) is 18.0 Å². The van der Waals surface area contributed by atoms with Crippen LogP contribution in [0.15, 0.2) is 22.7 Å². The molecule has 0 atom stereocenters. The Labute approximate surface area is 105 Å². The van der Waals surface area contributed by atoms with Crippen molar-refractivity contribution >= 4 is 27.5 Å². The predicted octanol–water partition coefficient (Wildman–Crippen LogP) is 4.04. The number of amides is 1. The number of carbonyl (C=O) groups is 1. The van der Waals surface area contributed by atoms with E-state index in [2.05, 4.69) is 21.2 Å². The minimum Gasteiger partial charge on any atom is -0.326 e. The molecule has 6 heteroatoms. The summed E-state index contributed by atoms with van der Waals surface area (Å²) in [6.07, 6.45) is -5.96. The van der Waals surface area contributed by atoms with Gasteiger partial charge in [0.1, 0.15) is 0 Å². The molecule has 1 aromatic rings. The Morgan fingerprint density at radius 3 is 2.59 bits per heavy atom. The van der Waals surface area contributed by atoms with Crippen LogP contribution in [-0.4, -0.2) is 12.1 Å². The van der Waals surface area contributed by atoms with Crippen LogP contribution in [0, 0.1) is 6.92 Å². The molecule has 0 aliphatic heterocycles. The average Bonchev–Trinajstić information content (AvgIpc) is 2.18. The minimum atomic E-state index is -4.30. The third-order valence-electron chi connectivity index (χ3n) is 2.10. The number of halogens is 4. The molecule has 94 valence electrons. The lowest BCUT2D eigenvalue weighted by Gasteiger charge is -2.09. The molecule has 0 aliphatic carbocycles. The lowest BCUT2D eigenvalue weighted by molar-refractivity contribution is -0.142. The molecule has 0 unspecified atom stereocenters. The van der Waals surface area contributed by atoms with Crippen molar-refractivity contribution in [2.45, 2.75) is 25.9 Å². The zero-order valence-corrected chi connectivity index (χ0v) is 10.7. The van der Waals surface area contributed by atoms with Gasteiger partial charge in [0, 0.05) is 16.6 Å². The van der Waals surface area contributed by atoms with Crippen LogP contribution in [0.1, 0.15) is 18.4 Å². The summed E-state index contributed by atoms with van der Waals surface area (Å²) in [6.45, 7) is 1.77. The average molecular weight is 310 g/mol. The van der Waals surface area contributed by atoms with Gasteiger partial charge in [-0.05, 0) is 30.7 Å². The van der Waals surface area contributed by atoms with Crippen LogP contribution >= 0.6 is 15.9 Å². The molecule has 0 saturated heterocycles. The van der Waals surface area contributed by atoms with Gasteiger partial charge in [0.25, 0.3) is 0 Å². The summed E-state index contributed by atoms with van der Waals surface area (Å²) in [4.78, 5) is 11.3. The Kier molecular flexibility index (Phi) is 4.56. The highest BCUT2D eigenvalue weighted by molar-refractivity contribution is 9.10. The van der Waals surface area contributed by atoms with Crippen LogP contribution in [0.4, 0.5) is 18.9 Å². The van der Waals surface area contributed by atoms with Gasteiger partial charge in [-0.1, -0.05) is 15.9 Å². The number of nitrogens with one attached hydrogen (secondary N) is 1. The van der Waals surface area contributed by atoms with Gasteiger partial charge < -0.3 is 5.32 Å². The maximum Gasteiger partial charge on any atom is 0.389 e. The van der Waals surface area contributed by atoms with Gasteiger partial charge >= 0.3 is 6.18 Å². The number of hydrogen-bond donors (Lipinski definition) is 1. The first kappa shape index (κ1) is 14.0. The standard InChI is InChI=1S/C11H11BrF3NO/c1-7-6-8(12)2-3-9(7)16-10(17)4-5-11(13,14)15/h2-3,6H,4-5H2,1H3,(H,16,17). The maximum atomic E-state index is 11.9. The zero-order chi connectivity index (χ0) is 13.1. The summed E-state index contributed by atoms with van der Waals surface area (Å²) >= 11 is 3.26. The topological polar surface area (TPSA) is 29.1 Å². The van der Waals surface area contributed by atoms with Crippen molar-refractivity contribution in [2.24, 2.45) is 0 Å². The van der Waals surface area contributed by atoms with Gasteiger partial charge in [-0.3, -0.25) is 4.79 Å². The quantitative estimate of drug-likeness (QED) is 0.897. The monoisotopic (exact) mass is 309 g/mol. The van der Waals surface area contributed by atoms with E-state index in [-0.39, 0.29) is 0 Å². The molecule has 1 N–H and O–H groups in total. The van der Waals surface area contributed by atoms with E-state index in [1.807, 2.05) is 0 Å². The van der Waals surface area contributed by atoms with Gasteiger partial charge in [0.05, 0.1) is 6.42 Å². The van der Waals surface area contributed by atoms with E-state index in [1.165, 1.54) is 0 Å². The number of alkyl halides is 3. The highest BCUT2D eigenvalue weighted by Gasteiger charge is 2.27. The summed E-state index contributed by atoms with van der Waals surface area (Å²) < 4.78 is 36.6. The molecule has 0 heterocycles. The number of aryl methyl sites for hydroxylation is 1. The molecular formula is C11H11BrF3NO. The maximum absolute atomic E-state index is 11.9. The number of rotatable bonds is 3. The lowest BCUT2D eigenvalue weighted by atomic mass is 10.2. The van der Waals surface area contributed by atoms with Crippen molar-refractivity contribution in [1.82, 2.24) is 0 Å². The van der Waals surface area contributed by atoms with E-state index in [0.717, 1.165) is 10.0 Å². The fourth-order valence-corrected chi connectivity index (χ4v) is 1.71. The van der Waals surface area contributed by atoms with Crippen LogP contribution in [-0.2, 0) is 4.79 Å². The third kappa shape index (κ3) is 5.21. The van der Waals surface area contributed by atoms with E-state index in [1.54, 1.807) is 25.1 Å². The van der Waals surface area contributed by atoms with Gasteiger partial charge in [-0.25, -0.2) is 0 Å². The summed E-state index contributed by atoms with van der Waals surface area (Å²) in [7, 11) is 0. The molecule has 0 spiro atoms. The third-order valence-corrected chi connectivity index (χ3v) is 2.59. The number of carbonyl (C=O) groups excluding carboxylic acids is 1. The SMILES string of the molecule is Cc1cc(Br)ccc1NC(=O)CCC(F)(F)F. The van der Waals surface area contributed by atoms with Crippen molar-refractivity contribution in [2.75, 3.05) is 5.32 Å². The molecule has 0 radical (unpaired) electrons. The zero-order valence-electron chi connectivity index (χ0n) is 9.07. The molecule has 1 aromatic carbocycles. The van der Waals surface area contributed by atoms with Crippen LogP contribution < -0.4 is 5.32 Å². The summed E-state index contributed by atoms with van der Waals surface area (Å²) in [5, 5.41) is 2.45. The van der Waals surface area contributed by atoms with Gasteiger partial charge in [0.15, 0.2) is 0 Å². The van der Waals surface area contributed by atoms with Crippen LogP contribution in [0.2, 0.25) is 0 Å². The fraction of sp³-hybridized carbons (Fsp3) is 0.364. The highest BCUT2D eigenvalue weighted by atomic mass is 79.9. The number of hydrogen-bond acceptors (Lipinski definition) is 1. The second-order valence-corrected chi connectivity index (χ2v) is 4.54. The molecule has 1 amide bonds. The highest BCUT2D eigenvalue weighted by Crippen LogP contribution is 2.23. The molecule has 0 bridgehead atoms. The smallest absolute Gasteiger partial charge is 0.326 e. The first-order valence-corrected chi connectivity index (χ1v) is 5.70. The minimum absolute atomic E-state index is 0.528. The number of anilines is 1. The normalized spacial score (nSPS) is 11.4. The van der Waals surface area contributed by atoms with Gasteiger partial charge in [-0.15, -0.1) is 0 Å². The van der Waals surface area contributed by atoms with E-state index in [0.29, 0.717) is 5.69 Å². The van der Waals surface area contributed by atoms with E-state index >= 15 is 0 Å². The first-order chi connectivity index (χ1) is 7.78. The molecular weight excluding hydrogens is 299 g/mol. The van der Waals surface area contributed by atoms with Crippen molar-refractivity contribution in [1.29, 1.82) is 0 Å². The molecule has 1 rings (SSSR count). The lowest BCUT2D eigenvalue weighted by Crippen LogP contribution is -2.17. The molecule has 2 nitrogen and oxygen atoms in total. The number of benzene rings is 1.